The maximum absolute atomic E-state index is 12.2. The summed E-state index contributed by atoms with van der Waals surface area (Å²) in [7, 11) is 0. The zero-order valence-electron chi connectivity index (χ0n) is 15.0. The van der Waals surface area contributed by atoms with Gasteiger partial charge in [0.05, 0.1) is 18.3 Å². The van der Waals surface area contributed by atoms with Gasteiger partial charge >= 0.3 is 5.97 Å². The summed E-state index contributed by atoms with van der Waals surface area (Å²) in [6.07, 6.45) is -0.764. The van der Waals surface area contributed by atoms with Gasteiger partial charge in [-0.1, -0.05) is 28.1 Å². The Morgan fingerprint density at radius 3 is 2.19 bits per heavy atom. The van der Waals surface area contributed by atoms with Crippen LogP contribution in [0.5, 0.6) is 0 Å². The molecule has 0 aliphatic carbocycles. The van der Waals surface area contributed by atoms with Gasteiger partial charge in [0.25, 0.3) is 5.91 Å². The third kappa shape index (κ3) is 6.28. The lowest BCUT2D eigenvalue weighted by molar-refractivity contribution is -0.123. The van der Waals surface area contributed by atoms with E-state index in [1.165, 1.54) is 6.92 Å². The predicted molar refractivity (Wildman–Crippen MR) is 104 cm³/mol. The van der Waals surface area contributed by atoms with Gasteiger partial charge in [0.15, 0.2) is 6.10 Å². The summed E-state index contributed by atoms with van der Waals surface area (Å²) in [5, 5.41) is 2.71. The lowest BCUT2D eigenvalue weighted by Gasteiger charge is -2.14. The van der Waals surface area contributed by atoms with Crippen LogP contribution in [-0.2, 0) is 20.9 Å². The Bertz CT molecular complexity index is 741. The molecule has 0 bridgehead atoms. The third-order valence-electron chi connectivity index (χ3n) is 3.54. The first-order valence-corrected chi connectivity index (χ1v) is 9.12. The van der Waals surface area contributed by atoms with Crippen LogP contribution in [0.4, 0.5) is 5.69 Å². The van der Waals surface area contributed by atoms with Crippen LogP contribution in [0.25, 0.3) is 0 Å². The maximum atomic E-state index is 12.2. The molecule has 2 rings (SSSR count). The van der Waals surface area contributed by atoms with Crippen molar-refractivity contribution in [1.29, 1.82) is 0 Å². The Balaban J connectivity index is 1.89. The second-order valence-corrected chi connectivity index (χ2v) is 7.02. The number of anilines is 1. The van der Waals surface area contributed by atoms with Gasteiger partial charge in [-0.05, 0) is 62.7 Å². The SMILES string of the molecule is CC(C)OCc1ccc(C(=O)O[C@@H](C)C(=O)Nc2ccc(Br)cc2)cc1. The summed E-state index contributed by atoms with van der Waals surface area (Å²) in [6, 6.07) is 14.1. The molecule has 0 aliphatic rings. The molecular formula is C20H22BrNO4. The molecule has 26 heavy (non-hydrogen) atoms. The van der Waals surface area contributed by atoms with E-state index in [2.05, 4.69) is 21.2 Å². The summed E-state index contributed by atoms with van der Waals surface area (Å²) in [4.78, 5) is 24.3. The molecule has 0 unspecified atom stereocenters. The molecule has 1 N–H and O–H groups in total. The van der Waals surface area contributed by atoms with Gasteiger partial charge in [0.2, 0.25) is 0 Å². The number of carbonyl (C=O) groups is 2. The molecule has 6 heteroatoms. The largest absolute Gasteiger partial charge is 0.449 e. The van der Waals surface area contributed by atoms with Gasteiger partial charge in [-0.2, -0.15) is 0 Å². The van der Waals surface area contributed by atoms with Crippen LogP contribution in [0.1, 0.15) is 36.7 Å². The lowest BCUT2D eigenvalue weighted by atomic mass is 10.1. The zero-order chi connectivity index (χ0) is 19.1. The standard InChI is InChI=1S/C20H22BrNO4/c1-13(2)25-12-15-4-6-16(7-5-15)20(24)26-14(3)19(23)22-18-10-8-17(21)9-11-18/h4-11,13-14H,12H2,1-3H3,(H,22,23)/t14-/m0/s1. The highest BCUT2D eigenvalue weighted by atomic mass is 79.9. The third-order valence-corrected chi connectivity index (χ3v) is 4.07. The fourth-order valence-corrected chi connectivity index (χ4v) is 2.32. The zero-order valence-corrected chi connectivity index (χ0v) is 16.6. The van der Waals surface area contributed by atoms with Gasteiger partial charge in [-0.3, -0.25) is 4.79 Å². The number of benzene rings is 2. The number of ether oxygens (including phenoxy) is 2. The van der Waals surface area contributed by atoms with Crippen LogP contribution in [0.2, 0.25) is 0 Å². The molecule has 0 spiro atoms. The van der Waals surface area contributed by atoms with Crippen molar-refractivity contribution in [2.45, 2.75) is 39.6 Å². The Labute approximate surface area is 161 Å². The molecule has 2 aromatic rings. The Hall–Kier alpha value is -2.18. The van der Waals surface area contributed by atoms with E-state index in [0.717, 1.165) is 10.0 Å². The van der Waals surface area contributed by atoms with Gasteiger partial charge in [0, 0.05) is 10.2 Å². The van der Waals surface area contributed by atoms with Crippen LogP contribution in [0.3, 0.4) is 0 Å². The minimum Gasteiger partial charge on any atom is -0.449 e. The Kier molecular flexibility index (Phi) is 7.36. The van der Waals surface area contributed by atoms with Gasteiger partial charge < -0.3 is 14.8 Å². The first kappa shape index (κ1) is 20.1. The highest BCUT2D eigenvalue weighted by Crippen LogP contribution is 2.15. The van der Waals surface area contributed by atoms with E-state index in [0.29, 0.717) is 17.9 Å². The van der Waals surface area contributed by atoms with Gasteiger partial charge in [-0.15, -0.1) is 0 Å². The number of rotatable bonds is 7. The number of hydrogen-bond donors (Lipinski definition) is 1. The Morgan fingerprint density at radius 2 is 1.62 bits per heavy atom. The first-order chi connectivity index (χ1) is 12.3. The fraction of sp³-hybridized carbons (Fsp3) is 0.300. The quantitative estimate of drug-likeness (QED) is 0.668. The highest BCUT2D eigenvalue weighted by Gasteiger charge is 2.19. The van der Waals surface area contributed by atoms with Crippen molar-refractivity contribution in [3.05, 3.63) is 64.1 Å². The van der Waals surface area contributed by atoms with E-state index in [1.54, 1.807) is 24.3 Å². The first-order valence-electron chi connectivity index (χ1n) is 8.33. The normalized spacial score (nSPS) is 11.9. The number of hydrogen-bond acceptors (Lipinski definition) is 4. The molecule has 1 amide bonds. The van der Waals surface area contributed by atoms with Crippen LogP contribution >= 0.6 is 15.9 Å². The summed E-state index contributed by atoms with van der Waals surface area (Å²) >= 11 is 3.33. The highest BCUT2D eigenvalue weighted by molar-refractivity contribution is 9.10. The number of carbonyl (C=O) groups excluding carboxylic acids is 2. The second kappa shape index (κ2) is 9.50. The molecule has 2 aromatic carbocycles. The number of halogens is 1. The van der Waals surface area contributed by atoms with Crippen molar-refractivity contribution < 1.29 is 19.1 Å². The van der Waals surface area contributed by atoms with Crippen molar-refractivity contribution in [3.63, 3.8) is 0 Å². The molecule has 0 saturated carbocycles. The maximum Gasteiger partial charge on any atom is 0.338 e. The van der Waals surface area contributed by atoms with Crippen LogP contribution in [-0.4, -0.2) is 24.1 Å². The van der Waals surface area contributed by atoms with Crippen molar-refractivity contribution >= 4 is 33.5 Å². The van der Waals surface area contributed by atoms with Crippen molar-refractivity contribution in [3.8, 4) is 0 Å². The number of amides is 1. The lowest BCUT2D eigenvalue weighted by Crippen LogP contribution is -2.30. The van der Waals surface area contributed by atoms with Crippen molar-refractivity contribution in [2.75, 3.05) is 5.32 Å². The van der Waals surface area contributed by atoms with E-state index < -0.39 is 12.1 Å². The second-order valence-electron chi connectivity index (χ2n) is 6.10. The summed E-state index contributed by atoms with van der Waals surface area (Å²) < 4.78 is 11.7. The van der Waals surface area contributed by atoms with E-state index in [1.807, 2.05) is 38.1 Å². The molecule has 138 valence electrons. The molecule has 0 saturated heterocycles. The molecule has 0 radical (unpaired) electrons. The minimum atomic E-state index is -0.907. The molecule has 0 aliphatic heterocycles. The molecule has 0 aromatic heterocycles. The smallest absolute Gasteiger partial charge is 0.338 e. The van der Waals surface area contributed by atoms with Crippen LogP contribution in [0.15, 0.2) is 53.0 Å². The molecule has 0 fully saturated rings. The molecule has 0 heterocycles. The van der Waals surface area contributed by atoms with Crippen molar-refractivity contribution in [2.24, 2.45) is 0 Å². The monoisotopic (exact) mass is 419 g/mol. The van der Waals surface area contributed by atoms with E-state index >= 15 is 0 Å². The molecule has 1 atom stereocenters. The minimum absolute atomic E-state index is 0.143. The Morgan fingerprint density at radius 1 is 1.00 bits per heavy atom. The summed E-state index contributed by atoms with van der Waals surface area (Å²) in [5.41, 5.74) is 1.99. The van der Waals surface area contributed by atoms with Gasteiger partial charge in [0.1, 0.15) is 0 Å². The number of esters is 1. The van der Waals surface area contributed by atoms with E-state index in [4.69, 9.17) is 9.47 Å². The number of nitrogens with one attached hydrogen (secondary N) is 1. The average molecular weight is 420 g/mol. The van der Waals surface area contributed by atoms with Gasteiger partial charge in [-0.25, -0.2) is 4.79 Å². The average Bonchev–Trinajstić information content (AvgIpc) is 2.62. The summed E-state index contributed by atoms with van der Waals surface area (Å²) in [6.45, 7) is 5.95. The van der Waals surface area contributed by atoms with Crippen LogP contribution in [0, 0.1) is 0 Å². The van der Waals surface area contributed by atoms with Crippen LogP contribution < -0.4 is 5.32 Å². The van der Waals surface area contributed by atoms with E-state index in [9.17, 15) is 9.59 Å². The molecular weight excluding hydrogens is 398 g/mol. The van der Waals surface area contributed by atoms with Crippen molar-refractivity contribution in [1.82, 2.24) is 0 Å². The predicted octanol–water partition coefficient (Wildman–Crippen LogP) is 4.56. The fourth-order valence-electron chi connectivity index (χ4n) is 2.06. The van der Waals surface area contributed by atoms with E-state index in [-0.39, 0.29) is 12.0 Å². The topological polar surface area (TPSA) is 64.6 Å². The molecule has 5 nitrogen and oxygen atoms in total. The summed E-state index contributed by atoms with van der Waals surface area (Å²) in [5.74, 6) is -0.928.